The number of ether oxygens (including phenoxy) is 2. The zero-order valence-electron chi connectivity index (χ0n) is 22.6. The highest BCUT2D eigenvalue weighted by Crippen LogP contribution is 2.42. The van der Waals surface area contributed by atoms with Crippen LogP contribution in [-0.2, 0) is 9.73 Å². The van der Waals surface area contributed by atoms with Gasteiger partial charge in [-0.05, 0) is 71.8 Å². The van der Waals surface area contributed by atoms with E-state index in [4.69, 9.17) is 55.9 Å². The van der Waals surface area contributed by atoms with Crippen LogP contribution >= 0.6 is 58.2 Å². The Hall–Kier alpha value is -3.38. The molecule has 8 heteroatoms. The third-order valence-electron chi connectivity index (χ3n) is 6.49. The molecule has 0 saturated carbocycles. The van der Waals surface area contributed by atoms with Gasteiger partial charge in [0.25, 0.3) is 4.93 Å². The van der Waals surface area contributed by atoms with E-state index in [-0.39, 0.29) is 0 Å². The van der Waals surface area contributed by atoms with Gasteiger partial charge in [0.1, 0.15) is 11.5 Å². The number of rotatable bonds is 10. The number of para-hydroxylation sites is 1. The molecule has 0 fully saturated rings. The number of hydrogen-bond donors (Lipinski definition) is 0. The molecular formula is C35H24Cl4O3S. The zero-order chi connectivity index (χ0) is 30.4. The zero-order valence-corrected chi connectivity index (χ0v) is 26.4. The summed E-state index contributed by atoms with van der Waals surface area (Å²) in [6.45, 7) is 3.86. The van der Waals surface area contributed by atoms with Gasteiger partial charge >= 0.3 is 5.97 Å². The fraction of sp³-hybridized carbons (Fsp3) is 0.0571. The molecule has 0 aliphatic heterocycles. The summed E-state index contributed by atoms with van der Waals surface area (Å²) < 4.78 is 12.5. The Morgan fingerprint density at radius 2 is 1.23 bits per heavy atom. The van der Waals surface area contributed by atoms with Gasteiger partial charge in [-0.2, -0.15) is 0 Å². The minimum Gasteiger partial charge on any atom is -0.461 e. The lowest BCUT2D eigenvalue weighted by Gasteiger charge is -2.32. The molecule has 0 saturated heterocycles. The van der Waals surface area contributed by atoms with Gasteiger partial charge in [-0.1, -0.05) is 119 Å². The number of carbonyl (C=O) groups is 1. The molecule has 5 aromatic carbocycles. The lowest BCUT2D eigenvalue weighted by molar-refractivity contribution is -0.145. The molecule has 43 heavy (non-hydrogen) atoms. The van der Waals surface area contributed by atoms with E-state index in [1.165, 1.54) is 11.8 Å². The highest BCUT2D eigenvalue weighted by molar-refractivity contribution is 8.00. The van der Waals surface area contributed by atoms with Gasteiger partial charge in [0.2, 0.25) is 0 Å². The highest BCUT2D eigenvalue weighted by atomic mass is 35.5. The molecule has 1 atom stereocenters. The van der Waals surface area contributed by atoms with Gasteiger partial charge in [0, 0.05) is 42.5 Å². The van der Waals surface area contributed by atoms with Crippen LogP contribution in [0.15, 0.2) is 128 Å². The van der Waals surface area contributed by atoms with Crippen molar-refractivity contribution in [3.05, 3.63) is 154 Å². The Morgan fingerprint density at radius 1 is 0.698 bits per heavy atom. The SMILES string of the molecule is C=CCSC(Oc1ccccc1)(C(=O)Oc1ccc(-c2cc(Cl)ccc2Cl)cc1)c1ccc(-c2cc(Cl)ccc2Cl)cc1. The molecule has 0 radical (unpaired) electrons. The van der Waals surface area contributed by atoms with Gasteiger partial charge in [-0.3, -0.25) is 0 Å². The van der Waals surface area contributed by atoms with Crippen LogP contribution < -0.4 is 9.47 Å². The fourth-order valence-corrected chi connectivity index (χ4v) is 6.17. The predicted molar refractivity (Wildman–Crippen MR) is 181 cm³/mol. The quantitative estimate of drug-likeness (QED) is 0.0643. The minimum atomic E-state index is -1.57. The summed E-state index contributed by atoms with van der Waals surface area (Å²) in [5, 5.41) is 2.26. The van der Waals surface area contributed by atoms with Gasteiger partial charge < -0.3 is 9.47 Å². The summed E-state index contributed by atoms with van der Waals surface area (Å²) in [5.74, 6) is 0.652. The van der Waals surface area contributed by atoms with Crippen LogP contribution in [0.4, 0.5) is 0 Å². The lowest BCUT2D eigenvalue weighted by atomic mass is 10.0. The number of carbonyl (C=O) groups excluding carboxylic acids is 1. The summed E-state index contributed by atoms with van der Waals surface area (Å²) in [6, 6.07) is 34.2. The second kappa shape index (κ2) is 13.9. The van der Waals surface area contributed by atoms with Crippen molar-refractivity contribution in [2.24, 2.45) is 0 Å². The molecular weight excluding hydrogens is 642 g/mol. The number of benzene rings is 5. The van der Waals surface area contributed by atoms with Gasteiger partial charge in [0.05, 0.1) is 0 Å². The van der Waals surface area contributed by atoms with E-state index >= 15 is 0 Å². The molecule has 5 aromatic rings. The van der Waals surface area contributed by atoms with E-state index in [0.717, 1.165) is 22.3 Å². The van der Waals surface area contributed by atoms with Crippen molar-refractivity contribution in [1.29, 1.82) is 0 Å². The monoisotopic (exact) mass is 664 g/mol. The number of hydrogen-bond acceptors (Lipinski definition) is 4. The molecule has 0 N–H and O–H groups in total. The van der Waals surface area contributed by atoms with Crippen LogP contribution in [0.5, 0.6) is 11.5 Å². The Balaban J connectivity index is 1.52. The average Bonchev–Trinajstić information content (AvgIpc) is 3.02. The summed E-state index contributed by atoms with van der Waals surface area (Å²) in [6.07, 6.45) is 1.71. The second-order valence-electron chi connectivity index (χ2n) is 9.37. The van der Waals surface area contributed by atoms with Crippen molar-refractivity contribution in [1.82, 2.24) is 0 Å². The van der Waals surface area contributed by atoms with Crippen LogP contribution in [0.2, 0.25) is 20.1 Å². The predicted octanol–water partition coefficient (Wildman–Crippen LogP) is 11.4. The summed E-state index contributed by atoms with van der Waals surface area (Å²) >= 11 is 26.5. The fourth-order valence-electron chi connectivity index (χ4n) is 4.40. The van der Waals surface area contributed by atoms with E-state index in [9.17, 15) is 4.79 Å². The molecule has 216 valence electrons. The van der Waals surface area contributed by atoms with Crippen LogP contribution in [0.25, 0.3) is 22.3 Å². The summed E-state index contributed by atoms with van der Waals surface area (Å²) in [4.78, 5) is 12.6. The maximum absolute atomic E-state index is 14.2. The first kappa shape index (κ1) is 31.1. The van der Waals surface area contributed by atoms with Gasteiger partial charge in [-0.15, -0.1) is 6.58 Å². The Bertz CT molecular complexity index is 1740. The molecule has 1 unspecified atom stereocenters. The van der Waals surface area contributed by atoms with Crippen molar-refractivity contribution in [3.8, 4) is 33.8 Å². The maximum Gasteiger partial charge on any atom is 0.371 e. The number of halogens is 4. The molecule has 3 nitrogen and oxygen atoms in total. The van der Waals surface area contributed by atoms with E-state index in [2.05, 4.69) is 6.58 Å². The van der Waals surface area contributed by atoms with E-state index < -0.39 is 10.9 Å². The van der Waals surface area contributed by atoms with Crippen molar-refractivity contribution < 1.29 is 14.3 Å². The minimum absolute atomic E-state index is 0.342. The van der Waals surface area contributed by atoms with Gasteiger partial charge in [0.15, 0.2) is 0 Å². The number of thioether (sulfide) groups is 1. The van der Waals surface area contributed by atoms with E-state index in [1.807, 2.05) is 54.6 Å². The largest absolute Gasteiger partial charge is 0.461 e. The second-order valence-corrected chi connectivity index (χ2v) is 12.3. The van der Waals surface area contributed by atoms with Crippen molar-refractivity contribution in [2.75, 3.05) is 5.75 Å². The van der Waals surface area contributed by atoms with Crippen LogP contribution in [0.3, 0.4) is 0 Å². The van der Waals surface area contributed by atoms with Crippen molar-refractivity contribution in [2.45, 2.75) is 4.93 Å². The standard InChI is InChI=1S/C35H24Cl4O3S/c1-2-20-43-35(42-29-6-4-3-5-7-29,25-12-8-23(9-13-25)30-21-26(36)14-18-32(30)38)34(40)41-28-16-10-24(11-17-28)31-22-27(37)15-19-33(31)39/h2-19,21-22H,1,20H2. The Labute approximate surface area is 275 Å². The third kappa shape index (κ3) is 7.23. The topological polar surface area (TPSA) is 35.5 Å². The molecule has 0 spiro atoms. The highest BCUT2D eigenvalue weighted by Gasteiger charge is 2.46. The summed E-state index contributed by atoms with van der Waals surface area (Å²) in [5.41, 5.74) is 3.79. The molecule has 0 aliphatic carbocycles. The van der Waals surface area contributed by atoms with Gasteiger partial charge in [-0.25, -0.2) is 4.79 Å². The van der Waals surface area contributed by atoms with E-state index in [0.29, 0.717) is 42.9 Å². The molecule has 0 amide bonds. The Kier molecular flexibility index (Phi) is 10.1. The first-order valence-electron chi connectivity index (χ1n) is 13.1. The first-order valence-corrected chi connectivity index (χ1v) is 15.6. The van der Waals surface area contributed by atoms with Crippen LogP contribution in [0, 0.1) is 0 Å². The molecule has 0 heterocycles. The number of esters is 1. The van der Waals surface area contributed by atoms with Crippen LogP contribution in [0.1, 0.15) is 5.56 Å². The van der Waals surface area contributed by atoms with Crippen molar-refractivity contribution >= 4 is 64.1 Å². The summed E-state index contributed by atoms with van der Waals surface area (Å²) in [7, 11) is 0. The molecule has 0 bridgehead atoms. The van der Waals surface area contributed by atoms with Crippen molar-refractivity contribution in [3.63, 3.8) is 0 Å². The third-order valence-corrected chi connectivity index (χ3v) is 8.91. The lowest BCUT2D eigenvalue weighted by Crippen LogP contribution is -2.42. The normalized spacial score (nSPS) is 12.3. The molecule has 5 rings (SSSR count). The van der Waals surface area contributed by atoms with Crippen LogP contribution in [-0.4, -0.2) is 11.7 Å². The molecule has 0 aliphatic rings. The average molecular weight is 666 g/mol. The molecule has 0 aromatic heterocycles. The van der Waals surface area contributed by atoms with E-state index in [1.54, 1.807) is 66.7 Å². The maximum atomic E-state index is 14.2. The Morgan fingerprint density at radius 3 is 1.77 bits per heavy atom. The first-order chi connectivity index (χ1) is 20.8. The smallest absolute Gasteiger partial charge is 0.371 e.